The van der Waals surface area contributed by atoms with Crippen molar-refractivity contribution in [2.24, 2.45) is 11.1 Å². The predicted molar refractivity (Wildman–Crippen MR) is 114 cm³/mol. The summed E-state index contributed by atoms with van der Waals surface area (Å²) in [6, 6.07) is 4.11. The normalized spacial score (nSPS) is 11.8. The van der Waals surface area contributed by atoms with Crippen LogP contribution in [0.15, 0.2) is 12.1 Å². The maximum absolute atomic E-state index is 12.2. The first-order chi connectivity index (χ1) is 9.64. The smallest absolute Gasteiger partial charge is 0.238 e. The van der Waals surface area contributed by atoms with E-state index < -0.39 is 0 Å². The van der Waals surface area contributed by atoms with Crippen molar-refractivity contribution in [1.29, 1.82) is 0 Å². The summed E-state index contributed by atoms with van der Waals surface area (Å²) in [4.78, 5) is 14.2. The van der Waals surface area contributed by atoms with Crippen LogP contribution >= 0.6 is 67.8 Å². The zero-order valence-corrected chi connectivity index (χ0v) is 18.8. The van der Waals surface area contributed by atoms with Gasteiger partial charge in [0, 0.05) is 17.3 Å². The van der Waals surface area contributed by atoms with Crippen LogP contribution in [0, 0.1) is 16.1 Å². The van der Waals surface area contributed by atoms with Crippen LogP contribution in [-0.2, 0) is 4.79 Å². The molecule has 1 rings (SSSR count). The number of nitrogens with zero attached hydrogens (tertiary/aromatic N) is 1. The second-order valence-electron chi connectivity index (χ2n) is 5.83. The van der Waals surface area contributed by atoms with Crippen molar-refractivity contribution in [1.82, 2.24) is 4.90 Å². The number of likely N-dealkylation sites (N-methyl/N-ethyl adjacent to an activating group) is 1. The molecule has 0 fully saturated rings. The summed E-state index contributed by atoms with van der Waals surface area (Å²) in [7, 11) is 1.95. The van der Waals surface area contributed by atoms with E-state index in [0.29, 0.717) is 13.1 Å². The Balaban J connectivity index is 2.66. The maximum atomic E-state index is 12.2. The van der Waals surface area contributed by atoms with Crippen molar-refractivity contribution in [3.63, 3.8) is 0 Å². The van der Waals surface area contributed by atoms with E-state index in [0.717, 1.165) is 19.4 Å². The first-order valence-corrected chi connectivity index (χ1v) is 9.71. The lowest BCUT2D eigenvalue weighted by Crippen LogP contribution is -2.40. The highest BCUT2D eigenvalue weighted by molar-refractivity contribution is 14.1. The third kappa shape index (κ3) is 6.83. The molecular formula is C14H20I3N3O. The van der Waals surface area contributed by atoms with E-state index in [1.165, 1.54) is 3.57 Å². The molecule has 0 heterocycles. The second-order valence-corrected chi connectivity index (χ2v) is 9.40. The number of hydrogen-bond donors (Lipinski definition) is 2. The number of amides is 1. The van der Waals surface area contributed by atoms with Crippen molar-refractivity contribution >= 4 is 79.4 Å². The second kappa shape index (κ2) is 8.60. The van der Waals surface area contributed by atoms with Crippen molar-refractivity contribution in [2.75, 3.05) is 32.0 Å². The van der Waals surface area contributed by atoms with Crippen LogP contribution in [0.5, 0.6) is 0 Å². The van der Waals surface area contributed by atoms with Crippen LogP contribution in [0.4, 0.5) is 5.69 Å². The highest BCUT2D eigenvalue weighted by atomic mass is 127. The van der Waals surface area contributed by atoms with Gasteiger partial charge in [0.1, 0.15) is 0 Å². The Morgan fingerprint density at radius 1 is 1.29 bits per heavy atom. The molecule has 0 spiro atoms. The molecule has 21 heavy (non-hydrogen) atoms. The standard InChI is InChI=1S/C14H20I3N3O/c1-14(2,7-18)8-20(3)6-12(21)19-13-10(16)4-9(15)5-11(13)17/h4-5H,6-8,18H2,1-3H3,(H,19,21). The Bertz CT molecular complexity index is 497. The molecule has 118 valence electrons. The lowest BCUT2D eigenvalue weighted by Gasteiger charge is -2.28. The van der Waals surface area contributed by atoms with Crippen LogP contribution in [0.3, 0.4) is 0 Å². The molecule has 1 amide bonds. The van der Waals surface area contributed by atoms with Gasteiger partial charge in [-0.1, -0.05) is 13.8 Å². The van der Waals surface area contributed by atoms with Crippen LogP contribution < -0.4 is 11.1 Å². The average molecular weight is 627 g/mol. The largest absolute Gasteiger partial charge is 0.330 e. The molecule has 0 aromatic heterocycles. The van der Waals surface area contributed by atoms with E-state index >= 15 is 0 Å². The topological polar surface area (TPSA) is 58.4 Å². The van der Waals surface area contributed by atoms with Gasteiger partial charge in [0.15, 0.2) is 0 Å². The van der Waals surface area contributed by atoms with Gasteiger partial charge >= 0.3 is 0 Å². The monoisotopic (exact) mass is 627 g/mol. The van der Waals surface area contributed by atoms with E-state index in [1.54, 1.807) is 0 Å². The van der Waals surface area contributed by atoms with Gasteiger partial charge in [-0.15, -0.1) is 0 Å². The number of hydrogen-bond acceptors (Lipinski definition) is 3. The zero-order valence-electron chi connectivity index (χ0n) is 12.3. The van der Waals surface area contributed by atoms with E-state index in [9.17, 15) is 4.79 Å². The summed E-state index contributed by atoms with van der Waals surface area (Å²) >= 11 is 6.78. The van der Waals surface area contributed by atoms with E-state index in [1.807, 2.05) is 11.9 Å². The van der Waals surface area contributed by atoms with Crippen LogP contribution in [0.1, 0.15) is 13.8 Å². The zero-order chi connectivity index (χ0) is 16.2. The quantitative estimate of drug-likeness (QED) is 0.477. The summed E-state index contributed by atoms with van der Waals surface area (Å²) in [6.07, 6.45) is 0. The first kappa shape index (κ1) is 19.8. The number of carbonyl (C=O) groups excluding carboxylic acids is 1. The van der Waals surface area contributed by atoms with Gasteiger partial charge in [0.25, 0.3) is 0 Å². The third-order valence-corrected chi connectivity index (χ3v) is 5.26. The Kier molecular flexibility index (Phi) is 8.12. The highest BCUT2D eigenvalue weighted by Gasteiger charge is 2.20. The van der Waals surface area contributed by atoms with Crippen molar-refractivity contribution in [3.05, 3.63) is 22.8 Å². The van der Waals surface area contributed by atoms with Gasteiger partial charge in [-0.05, 0) is 98.9 Å². The minimum atomic E-state index is 0.00219. The fourth-order valence-corrected chi connectivity index (χ4v) is 5.79. The van der Waals surface area contributed by atoms with E-state index in [-0.39, 0.29) is 11.3 Å². The highest BCUT2D eigenvalue weighted by Crippen LogP contribution is 2.27. The minimum Gasteiger partial charge on any atom is -0.330 e. The van der Waals surface area contributed by atoms with Gasteiger partial charge in [-0.2, -0.15) is 0 Å². The Hall–Kier alpha value is 0.800. The van der Waals surface area contributed by atoms with Crippen LogP contribution in [0.2, 0.25) is 0 Å². The molecule has 0 saturated heterocycles. The van der Waals surface area contributed by atoms with Crippen molar-refractivity contribution in [2.45, 2.75) is 13.8 Å². The molecule has 0 aliphatic carbocycles. The van der Waals surface area contributed by atoms with Gasteiger partial charge < -0.3 is 11.1 Å². The summed E-state index contributed by atoms with van der Waals surface area (Å²) in [5, 5.41) is 3.01. The molecule has 4 nitrogen and oxygen atoms in total. The van der Waals surface area contributed by atoms with Crippen molar-refractivity contribution in [3.8, 4) is 0 Å². The molecule has 3 N–H and O–H groups in total. The molecule has 0 unspecified atom stereocenters. The Morgan fingerprint density at radius 3 is 2.29 bits per heavy atom. The lowest BCUT2D eigenvalue weighted by molar-refractivity contribution is -0.117. The molecule has 0 saturated carbocycles. The number of nitrogens with one attached hydrogen (secondary N) is 1. The summed E-state index contributed by atoms with van der Waals surface area (Å²) < 4.78 is 3.28. The number of halogens is 3. The summed E-state index contributed by atoms with van der Waals surface area (Å²) in [5.74, 6) is 0.00219. The number of anilines is 1. The first-order valence-electron chi connectivity index (χ1n) is 6.47. The number of carbonyl (C=O) groups is 1. The van der Waals surface area contributed by atoms with Crippen LogP contribution in [0.25, 0.3) is 0 Å². The van der Waals surface area contributed by atoms with E-state index in [4.69, 9.17) is 5.73 Å². The minimum absolute atomic E-state index is 0.00219. The molecule has 0 radical (unpaired) electrons. The third-order valence-electron chi connectivity index (χ3n) is 2.94. The Morgan fingerprint density at radius 2 is 1.81 bits per heavy atom. The molecule has 1 aromatic rings. The SMILES string of the molecule is CN(CC(=O)Nc1c(I)cc(I)cc1I)CC(C)(C)CN. The average Bonchev–Trinajstić information content (AvgIpc) is 2.32. The maximum Gasteiger partial charge on any atom is 0.238 e. The fourth-order valence-electron chi connectivity index (χ4n) is 1.94. The van der Waals surface area contributed by atoms with Crippen molar-refractivity contribution < 1.29 is 4.79 Å². The molecule has 0 atom stereocenters. The predicted octanol–water partition coefficient (Wildman–Crippen LogP) is 3.36. The number of rotatable bonds is 6. The summed E-state index contributed by atoms with van der Waals surface area (Å²) in [6.45, 7) is 5.96. The Labute approximate surface area is 167 Å². The molecular weight excluding hydrogens is 607 g/mol. The lowest BCUT2D eigenvalue weighted by atomic mass is 9.93. The number of nitrogens with two attached hydrogens (primary N) is 1. The van der Waals surface area contributed by atoms with Gasteiger partial charge in [-0.25, -0.2) is 0 Å². The molecule has 7 heteroatoms. The van der Waals surface area contributed by atoms with Crippen LogP contribution in [-0.4, -0.2) is 37.5 Å². The summed E-state index contributed by atoms with van der Waals surface area (Å²) in [5.41, 5.74) is 6.64. The molecule has 1 aromatic carbocycles. The molecule has 0 aliphatic rings. The fraction of sp³-hybridized carbons (Fsp3) is 0.500. The van der Waals surface area contributed by atoms with Gasteiger partial charge in [0.2, 0.25) is 5.91 Å². The number of benzene rings is 1. The molecule has 0 aliphatic heterocycles. The van der Waals surface area contributed by atoms with Gasteiger partial charge in [-0.3, -0.25) is 9.69 Å². The molecule has 0 bridgehead atoms. The van der Waals surface area contributed by atoms with Gasteiger partial charge in [0.05, 0.1) is 12.2 Å². The van der Waals surface area contributed by atoms with E-state index in [2.05, 4.69) is 99.1 Å².